The Morgan fingerprint density at radius 3 is 2.11 bits per heavy atom. The number of ether oxygens (including phenoxy) is 4. The monoisotopic (exact) mass is 270 g/mol. The van der Waals surface area contributed by atoms with Gasteiger partial charge in [-0.1, -0.05) is 0 Å². The van der Waals surface area contributed by atoms with Crippen molar-refractivity contribution < 1.29 is 24.1 Å². The first-order chi connectivity index (χ1) is 9.21. The molecule has 1 unspecified atom stereocenters. The molecule has 0 aliphatic carbocycles. The van der Waals surface area contributed by atoms with Crippen LogP contribution in [0.2, 0.25) is 0 Å². The van der Waals surface area contributed by atoms with Crippen LogP contribution >= 0.6 is 0 Å². The Labute approximate surface area is 114 Å². The third-order valence-corrected chi connectivity index (χ3v) is 2.73. The maximum atomic E-state index is 10.1. The van der Waals surface area contributed by atoms with Gasteiger partial charge in [-0.15, -0.1) is 0 Å². The van der Waals surface area contributed by atoms with Crippen LogP contribution in [0, 0.1) is 0 Å². The van der Waals surface area contributed by atoms with E-state index in [1.54, 1.807) is 39.5 Å². The Kier molecular flexibility index (Phi) is 7.25. The summed E-state index contributed by atoms with van der Waals surface area (Å²) in [6.07, 6.45) is -0.0911. The van der Waals surface area contributed by atoms with Crippen molar-refractivity contribution in [2.45, 2.75) is 12.5 Å². The van der Waals surface area contributed by atoms with Crippen molar-refractivity contribution >= 4 is 0 Å². The van der Waals surface area contributed by atoms with Gasteiger partial charge < -0.3 is 24.1 Å². The SMILES string of the molecule is COCCOCCC(O)c1cc(OC)cc(OC)c1. The summed E-state index contributed by atoms with van der Waals surface area (Å²) in [4.78, 5) is 0. The lowest BCUT2D eigenvalue weighted by Crippen LogP contribution is -2.07. The third kappa shape index (κ3) is 5.46. The first kappa shape index (κ1) is 15.8. The average molecular weight is 270 g/mol. The second-order valence-electron chi connectivity index (χ2n) is 4.06. The highest BCUT2D eigenvalue weighted by Gasteiger charge is 2.11. The van der Waals surface area contributed by atoms with Gasteiger partial charge in [-0.25, -0.2) is 0 Å². The van der Waals surface area contributed by atoms with E-state index in [2.05, 4.69) is 0 Å². The first-order valence-corrected chi connectivity index (χ1v) is 6.19. The highest BCUT2D eigenvalue weighted by atomic mass is 16.5. The van der Waals surface area contributed by atoms with Gasteiger partial charge in [0.05, 0.1) is 33.5 Å². The molecule has 0 aliphatic heterocycles. The summed E-state index contributed by atoms with van der Waals surface area (Å²) in [6, 6.07) is 5.36. The van der Waals surface area contributed by atoms with E-state index in [-0.39, 0.29) is 0 Å². The third-order valence-electron chi connectivity index (χ3n) is 2.73. The van der Waals surface area contributed by atoms with Crippen LogP contribution < -0.4 is 9.47 Å². The van der Waals surface area contributed by atoms with E-state index in [0.717, 1.165) is 5.56 Å². The molecule has 0 fully saturated rings. The molecule has 0 radical (unpaired) electrons. The van der Waals surface area contributed by atoms with Crippen molar-refractivity contribution in [3.05, 3.63) is 23.8 Å². The largest absolute Gasteiger partial charge is 0.497 e. The predicted molar refractivity (Wildman–Crippen MR) is 71.8 cm³/mol. The molecule has 1 N–H and O–H groups in total. The minimum absolute atomic E-state index is 0.476. The molecule has 19 heavy (non-hydrogen) atoms. The summed E-state index contributed by atoms with van der Waals surface area (Å²) in [5, 5.41) is 10.1. The minimum atomic E-state index is -0.605. The normalized spacial score (nSPS) is 12.2. The molecule has 0 spiro atoms. The molecule has 5 heteroatoms. The van der Waals surface area contributed by atoms with Crippen molar-refractivity contribution in [2.75, 3.05) is 41.2 Å². The molecule has 108 valence electrons. The van der Waals surface area contributed by atoms with Gasteiger partial charge in [-0.05, 0) is 17.7 Å². The van der Waals surface area contributed by atoms with Crippen molar-refractivity contribution in [2.24, 2.45) is 0 Å². The first-order valence-electron chi connectivity index (χ1n) is 6.19. The molecule has 0 aromatic heterocycles. The molecular weight excluding hydrogens is 248 g/mol. The van der Waals surface area contributed by atoms with E-state index in [0.29, 0.717) is 37.7 Å². The van der Waals surface area contributed by atoms with Crippen LogP contribution in [0.5, 0.6) is 11.5 Å². The number of hydrogen-bond donors (Lipinski definition) is 1. The molecule has 1 rings (SSSR count). The van der Waals surface area contributed by atoms with Crippen molar-refractivity contribution in [1.82, 2.24) is 0 Å². The minimum Gasteiger partial charge on any atom is -0.497 e. The Balaban J connectivity index is 2.53. The molecule has 0 bridgehead atoms. The summed E-state index contributed by atoms with van der Waals surface area (Å²) in [5.41, 5.74) is 0.756. The van der Waals surface area contributed by atoms with Crippen LogP contribution in [-0.2, 0) is 9.47 Å². The van der Waals surface area contributed by atoms with Crippen LogP contribution in [-0.4, -0.2) is 46.3 Å². The molecule has 0 heterocycles. The average Bonchev–Trinajstić information content (AvgIpc) is 2.46. The summed E-state index contributed by atoms with van der Waals surface area (Å²) >= 11 is 0. The van der Waals surface area contributed by atoms with E-state index < -0.39 is 6.10 Å². The zero-order valence-corrected chi connectivity index (χ0v) is 11.7. The van der Waals surface area contributed by atoms with E-state index >= 15 is 0 Å². The molecule has 0 aliphatic rings. The second-order valence-corrected chi connectivity index (χ2v) is 4.06. The smallest absolute Gasteiger partial charge is 0.122 e. The number of aliphatic hydroxyl groups excluding tert-OH is 1. The molecule has 1 aromatic carbocycles. The van der Waals surface area contributed by atoms with Crippen molar-refractivity contribution in [3.8, 4) is 11.5 Å². The topological polar surface area (TPSA) is 57.2 Å². The fraction of sp³-hybridized carbons (Fsp3) is 0.571. The van der Waals surface area contributed by atoms with E-state index in [4.69, 9.17) is 18.9 Å². The predicted octanol–water partition coefficient (Wildman–Crippen LogP) is 1.79. The van der Waals surface area contributed by atoms with Crippen LogP contribution in [0.1, 0.15) is 18.1 Å². The Bertz CT molecular complexity index is 345. The van der Waals surface area contributed by atoms with Gasteiger partial charge in [0.2, 0.25) is 0 Å². The highest BCUT2D eigenvalue weighted by molar-refractivity contribution is 5.39. The number of aliphatic hydroxyl groups is 1. The Morgan fingerprint density at radius 1 is 0.947 bits per heavy atom. The standard InChI is InChI=1S/C14H22O5/c1-16-6-7-19-5-4-14(15)11-8-12(17-2)10-13(9-11)18-3/h8-10,14-15H,4-7H2,1-3H3. The lowest BCUT2D eigenvalue weighted by atomic mass is 10.1. The number of rotatable bonds is 9. The Morgan fingerprint density at radius 2 is 1.58 bits per heavy atom. The van der Waals surface area contributed by atoms with Gasteiger partial charge in [0.25, 0.3) is 0 Å². The fourth-order valence-electron chi connectivity index (χ4n) is 1.63. The molecule has 5 nitrogen and oxygen atoms in total. The number of benzene rings is 1. The molecule has 1 atom stereocenters. The van der Waals surface area contributed by atoms with E-state index in [1.165, 1.54) is 0 Å². The maximum absolute atomic E-state index is 10.1. The van der Waals surface area contributed by atoms with Crippen LogP contribution in [0.15, 0.2) is 18.2 Å². The van der Waals surface area contributed by atoms with Gasteiger partial charge in [0.1, 0.15) is 11.5 Å². The summed E-state index contributed by atoms with van der Waals surface area (Å²) in [6.45, 7) is 1.57. The highest BCUT2D eigenvalue weighted by Crippen LogP contribution is 2.27. The van der Waals surface area contributed by atoms with Crippen molar-refractivity contribution in [3.63, 3.8) is 0 Å². The Hall–Kier alpha value is -1.30. The summed E-state index contributed by atoms with van der Waals surface area (Å²) < 4.78 is 20.5. The molecular formula is C14H22O5. The summed E-state index contributed by atoms with van der Waals surface area (Å²) in [7, 11) is 4.79. The van der Waals surface area contributed by atoms with E-state index in [1.807, 2.05) is 0 Å². The lowest BCUT2D eigenvalue weighted by Gasteiger charge is -2.14. The lowest BCUT2D eigenvalue weighted by molar-refractivity contribution is 0.0474. The van der Waals surface area contributed by atoms with Gasteiger partial charge in [0, 0.05) is 26.2 Å². The van der Waals surface area contributed by atoms with Gasteiger partial charge >= 0.3 is 0 Å². The zero-order valence-electron chi connectivity index (χ0n) is 11.7. The maximum Gasteiger partial charge on any atom is 0.122 e. The van der Waals surface area contributed by atoms with Crippen LogP contribution in [0.4, 0.5) is 0 Å². The molecule has 0 saturated carbocycles. The number of methoxy groups -OCH3 is 3. The fourth-order valence-corrected chi connectivity index (χ4v) is 1.63. The van der Waals surface area contributed by atoms with Crippen molar-refractivity contribution in [1.29, 1.82) is 0 Å². The second kappa shape index (κ2) is 8.74. The van der Waals surface area contributed by atoms with Crippen LogP contribution in [0.25, 0.3) is 0 Å². The van der Waals surface area contributed by atoms with Gasteiger partial charge in [0.15, 0.2) is 0 Å². The van der Waals surface area contributed by atoms with Crippen LogP contribution in [0.3, 0.4) is 0 Å². The van der Waals surface area contributed by atoms with Gasteiger partial charge in [-0.3, -0.25) is 0 Å². The quantitative estimate of drug-likeness (QED) is 0.693. The molecule has 1 aromatic rings. The molecule has 0 amide bonds. The summed E-state index contributed by atoms with van der Waals surface area (Å²) in [5.74, 6) is 1.32. The van der Waals surface area contributed by atoms with Gasteiger partial charge in [-0.2, -0.15) is 0 Å². The number of hydrogen-bond acceptors (Lipinski definition) is 5. The zero-order chi connectivity index (χ0) is 14.1. The molecule has 0 saturated heterocycles. The van der Waals surface area contributed by atoms with E-state index in [9.17, 15) is 5.11 Å².